The van der Waals surface area contributed by atoms with Gasteiger partial charge in [0.15, 0.2) is 5.96 Å². The van der Waals surface area contributed by atoms with Crippen LogP contribution in [0.4, 0.5) is 4.79 Å². The van der Waals surface area contributed by atoms with E-state index in [1.807, 2.05) is 32.6 Å². The molecule has 2 N–H and O–H groups in total. The van der Waals surface area contributed by atoms with Crippen LogP contribution in [0.2, 0.25) is 0 Å². The van der Waals surface area contributed by atoms with Gasteiger partial charge in [0.05, 0.1) is 12.6 Å². The van der Waals surface area contributed by atoms with Crippen LogP contribution in [0.5, 0.6) is 0 Å². The summed E-state index contributed by atoms with van der Waals surface area (Å²) in [5.41, 5.74) is -0.462. The van der Waals surface area contributed by atoms with E-state index in [1.165, 1.54) is 0 Å². The lowest BCUT2D eigenvalue weighted by molar-refractivity contribution is 0.0109. The van der Waals surface area contributed by atoms with Gasteiger partial charge in [0.1, 0.15) is 5.60 Å². The molecule has 1 unspecified atom stereocenters. The highest BCUT2D eigenvalue weighted by Crippen LogP contribution is 2.20. The fourth-order valence-electron chi connectivity index (χ4n) is 2.54. The number of nitrogens with zero attached hydrogens (tertiary/aromatic N) is 2. The number of rotatable bonds is 4. The van der Waals surface area contributed by atoms with Crippen LogP contribution in [0.15, 0.2) is 4.99 Å². The predicted octanol–water partition coefficient (Wildman–Crippen LogP) is 3.36. The number of carbonyl (C=O) groups excluding carboxylic acids is 1. The largest absolute Gasteiger partial charge is 0.444 e. The van der Waals surface area contributed by atoms with Gasteiger partial charge in [0.25, 0.3) is 0 Å². The van der Waals surface area contributed by atoms with Gasteiger partial charge in [0.2, 0.25) is 0 Å². The van der Waals surface area contributed by atoms with Crippen LogP contribution < -0.4 is 10.6 Å². The summed E-state index contributed by atoms with van der Waals surface area (Å²) >= 11 is 0. The number of aliphatic imine (C=N–C) groups is 1. The molecule has 0 bridgehead atoms. The Balaban J connectivity index is 0.00000529. The molecule has 1 rings (SSSR count). The third kappa shape index (κ3) is 8.94. The normalized spacial score (nSPS) is 18.9. The van der Waals surface area contributed by atoms with E-state index in [0.717, 1.165) is 38.3 Å². The molecule has 24 heavy (non-hydrogen) atoms. The Bertz CT molecular complexity index is 408. The summed E-state index contributed by atoms with van der Waals surface area (Å²) in [5.74, 6) is 0.803. The number of hydrogen-bond acceptors (Lipinski definition) is 3. The number of likely N-dealkylation sites (tertiary alicyclic amines) is 1. The van der Waals surface area contributed by atoms with E-state index in [2.05, 4.69) is 29.5 Å². The van der Waals surface area contributed by atoms with Gasteiger partial charge in [-0.05, 0) is 60.8 Å². The Labute approximate surface area is 164 Å². The van der Waals surface area contributed by atoms with E-state index in [0.29, 0.717) is 12.6 Å². The second kappa shape index (κ2) is 11.0. The van der Waals surface area contributed by atoms with Crippen molar-refractivity contribution in [3.8, 4) is 0 Å². The quantitative estimate of drug-likeness (QED) is 0.389. The zero-order chi connectivity index (χ0) is 17.5. The van der Waals surface area contributed by atoms with Gasteiger partial charge < -0.3 is 20.3 Å². The molecule has 1 fully saturated rings. The molecule has 0 saturated carbocycles. The molecule has 7 heteroatoms. The molecule has 0 aromatic carbocycles. The summed E-state index contributed by atoms with van der Waals surface area (Å²) in [5, 5.41) is 6.55. The molecule has 1 heterocycles. The standard InChI is InChI=1S/C17H34N4O2.HI/c1-7-18-15(20-13(2)3)19-12-14-10-8-9-11-21(14)16(22)23-17(4,5)6;/h13-14H,7-12H2,1-6H3,(H2,18,19,20);1H. The molecule has 0 aromatic heterocycles. The minimum Gasteiger partial charge on any atom is -0.444 e. The van der Waals surface area contributed by atoms with Crippen LogP contribution >= 0.6 is 24.0 Å². The van der Waals surface area contributed by atoms with Crippen molar-refractivity contribution < 1.29 is 9.53 Å². The fourth-order valence-corrected chi connectivity index (χ4v) is 2.54. The van der Waals surface area contributed by atoms with E-state index in [9.17, 15) is 4.79 Å². The summed E-state index contributed by atoms with van der Waals surface area (Å²) in [7, 11) is 0. The SMILES string of the molecule is CCNC(=NCC1CCCCN1C(=O)OC(C)(C)C)NC(C)C.I. The molecule has 1 saturated heterocycles. The van der Waals surface area contributed by atoms with E-state index in [4.69, 9.17) is 4.74 Å². The van der Waals surface area contributed by atoms with E-state index in [-0.39, 0.29) is 36.1 Å². The first-order valence-electron chi connectivity index (χ1n) is 8.77. The lowest BCUT2D eigenvalue weighted by Gasteiger charge is -2.36. The maximum atomic E-state index is 12.4. The summed E-state index contributed by atoms with van der Waals surface area (Å²) < 4.78 is 5.53. The average Bonchev–Trinajstić information content (AvgIpc) is 2.43. The molecule has 1 atom stereocenters. The second-order valence-electron chi connectivity index (χ2n) is 7.34. The Kier molecular flexibility index (Phi) is 10.7. The second-order valence-corrected chi connectivity index (χ2v) is 7.34. The Morgan fingerprint density at radius 2 is 2.00 bits per heavy atom. The predicted molar refractivity (Wildman–Crippen MR) is 110 cm³/mol. The molecule has 0 aliphatic carbocycles. The van der Waals surface area contributed by atoms with Crippen LogP contribution in [0.1, 0.15) is 60.8 Å². The van der Waals surface area contributed by atoms with E-state index >= 15 is 0 Å². The lowest BCUT2D eigenvalue weighted by atomic mass is 10.0. The topological polar surface area (TPSA) is 66.0 Å². The van der Waals surface area contributed by atoms with Crippen LogP contribution in [-0.4, -0.2) is 54.3 Å². The van der Waals surface area contributed by atoms with E-state index in [1.54, 1.807) is 0 Å². The third-order valence-electron chi connectivity index (χ3n) is 3.48. The highest BCUT2D eigenvalue weighted by atomic mass is 127. The highest BCUT2D eigenvalue weighted by molar-refractivity contribution is 14.0. The summed E-state index contributed by atoms with van der Waals surface area (Å²) in [6.07, 6.45) is 2.92. The molecular weight excluding hydrogens is 419 g/mol. The van der Waals surface area contributed by atoms with E-state index < -0.39 is 5.60 Å². The lowest BCUT2D eigenvalue weighted by Crippen LogP contribution is -2.48. The molecule has 142 valence electrons. The van der Waals surface area contributed by atoms with Gasteiger partial charge in [-0.25, -0.2) is 4.79 Å². The molecule has 1 amide bonds. The number of guanidine groups is 1. The first-order valence-corrected chi connectivity index (χ1v) is 8.77. The molecule has 0 spiro atoms. The number of halogens is 1. The minimum absolute atomic E-state index is 0. The van der Waals surface area contributed by atoms with Gasteiger partial charge in [-0.3, -0.25) is 4.99 Å². The van der Waals surface area contributed by atoms with Gasteiger partial charge in [0, 0.05) is 19.1 Å². The molecular formula is C17H35IN4O2. The monoisotopic (exact) mass is 454 g/mol. The molecule has 0 aromatic rings. The van der Waals surface area contributed by atoms with Crippen LogP contribution in [-0.2, 0) is 4.74 Å². The summed E-state index contributed by atoms with van der Waals surface area (Å²) in [4.78, 5) is 18.9. The number of ether oxygens (including phenoxy) is 1. The number of hydrogen-bond donors (Lipinski definition) is 2. The van der Waals surface area contributed by atoms with Crippen LogP contribution in [0.3, 0.4) is 0 Å². The Morgan fingerprint density at radius 1 is 1.33 bits per heavy atom. The zero-order valence-electron chi connectivity index (χ0n) is 16.0. The highest BCUT2D eigenvalue weighted by Gasteiger charge is 2.30. The fraction of sp³-hybridized carbons (Fsp3) is 0.882. The van der Waals surface area contributed by atoms with Crippen molar-refractivity contribution in [2.75, 3.05) is 19.6 Å². The molecule has 1 aliphatic heterocycles. The molecule has 0 radical (unpaired) electrons. The van der Waals surface area contributed by atoms with Gasteiger partial charge >= 0.3 is 6.09 Å². The Hall–Kier alpha value is -0.730. The summed E-state index contributed by atoms with van der Waals surface area (Å²) in [6.45, 7) is 14.1. The Morgan fingerprint density at radius 3 is 2.54 bits per heavy atom. The maximum Gasteiger partial charge on any atom is 0.410 e. The van der Waals surface area contributed by atoms with Gasteiger partial charge in [-0.15, -0.1) is 24.0 Å². The van der Waals surface area contributed by atoms with Crippen molar-refractivity contribution in [3.05, 3.63) is 0 Å². The number of nitrogens with one attached hydrogen (secondary N) is 2. The van der Waals surface area contributed by atoms with Crippen molar-refractivity contribution >= 4 is 36.0 Å². The van der Waals surface area contributed by atoms with Crippen molar-refractivity contribution in [1.82, 2.24) is 15.5 Å². The minimum atomic E-state index is -0.462. The number of carbonyl (C=O) groups is 1. The first kappa shape index (κ1) is 23.3. The third-order valence-corrected chi connectivity index (χ3v) is 3.48. The zero-order valence-corrected chi connectivity index (χ0v) is 18.3. The number of piperidine rings is 1. The smallest absolute Gasteiger partial charge is 0.410 e. The van der Waals surface area contributed by atoms with Gasteiger partial charge in [-0.2, -0.15) is 0 Å². The van der Waals surface area contributed by atoms with Crippen LogP contribution in [0, 0.1) is 0 Å². The van der Waals surface area contributed by atoms with Crippen molar-refractivity contribution in [2.24, 2.45) is 4.99 Å². The van der Waals surface area contributed by atoms with Crippen molar-refractivity contribution in [1.29, 1.82) is 0 Å². The summed E-state index contributed by atoms with van der Waals surface area (Å²) in [6, 6.07) is 0.433. The number of amides is 1. The average molecular weight is 454 g/mol. The van der Waals surface area contributed by atoms with Crippen LogP contribution in [0.25, 0.3) is 0 Å². The first-order chi connectivity index (χ1) is 10.7. The van der Waals surface area contributed by atoms with Crippen molar-refractivity contribution in [2.45, 2.75) is 78.5 Å². The molecule has 1 aliphatic rings. The maximum absolute atomic E-state index is 12.4. The molecule has 6 nitrogen and oxygen atoms in total. The van der Waals surface area contributed by atoms with Crippen molar-refractivity contribution in [3.63, 3.8) is 0 Å². The van der Waals surface area contributed by atoms with Gasteiger partial charge in [-0.1, -0.05) is 0 Å².